The summed E-state index contributed by atoms with van der Waals surface area (Å²) in [7, 11) is 0. The zero-order valence-electron chi connectivity index (χ0n) is 10.8. The minimum Gasteiger partial charge on any atom is -0.388 e. The van der Waals surface area contributed by atoms with Crippen LogP contribution in [-0.2, 0) is 5.75 Å². The molecule has 0 spiro atoms. The Bertz CT molecular complexity index is 574. The number of nitro benzene ring substituents is 1. The van der Waals surface area contributed by atoms with E-state index >= 15 is 0 Å². The maximum absolute atomic E-state index is 10.7. The zero-order valence-corrected chi connectivity index (χ0v) is 11.6. The molecule has 0 aromatic heterocycles. The van der Waals surface area contributed by atoms with E-state index < -0.39 is 11.0 Å². The van der Waals surface area contributed by atoms with Crippen molar-refractivity contribution < 1.29 is 10.0 Å². The summed E-state index contributed by atoms with van der Waals surface area (Å²) in [6.07, 6.45) is -0.514. The van der Waals surface area contributed by atoms with Crippen LogP contribution in [0.15, 0.2) is 54.6 Å². The van der Waals surface area contributed by atoms with Gasteiger partial charge in [0.25, 0.3) is 5.69 Å². The van der Waals surface area contributed by atoms with Crippen LogP contribution in [0.5, 0.6) is 0 Å². The fourth-order valence-corrected chi connectivity index (χ4v) is 2.77. The Labute approximate surface area is 121 Å². The summed E-state index contributed by atoms with van der Waals surface area (Å²) in [5.74, 6) is 1.21. The van der Waals surface area contributed by atoms with Crippen LogP contribution in [0.1, 0.15) is 17.2 Å². The van der Waals surface area contributed by atoms with Crippen molar-refractivity contribution in [1.82, 2.24) is 0 Å². The van der Waals surface area contributed by atoms with Crippen molar-refractivity contribution >= 4 is 17.4 Å². The minimum absolute atomic E-state index is 0.103. The van der Waals surface area contributed by atoms with E-state index in [-0.39, 0.29) is 5.69 Å². The Balaban J connectivity index is 1.87. The summed E-state index contributed by atoms with van der Waals surface area (Å²) >= 11 is 1.56. The third-order valence-electron chi connectivity index (χ3n) is 2.85. The first kappa shape index (κ1) is 14.6. The van der Waals surface area contributed by atoms with Gasteiger partial charge < -0.3 is 5.11 Å². The molecule has 2 rings (SSSR count). The molecule has 0 saturated heterocycles. The van der Waals surface area contributed by atoms with E-state index in [1.807, 2.05) is 36.4 Å². The summed E-state index contributed by atoms with van der Waals surface area (Å²) in [6, 6.07) is 16.1. The molecule has 0 amide bonds. The van der Waals surface area contributed by atoms with Crippen LogP contribution in [0.2, 0.25) is 0 Å². The molecule has 1 unspecified atom stereocenters. The lowest BCUT2D eigenvalue weighted by Gasteiger charge is -2.10. The highest BCUT2D eigenvalue weighted by Crippen LogP contribution is 2.22. The molecule has 0 radical (unpaired) electrons. The lowest BCUT2D eigenvalue weighted by atomic mass is 10.1. The van der Waals surface area contributed by atoms with Crippen LogP contribution < -0.4 is 0 Å². The quantitative estimate of drug-likeness (QED) is 0.652. The van der Waals surface area contributed by atoms with E-state index in [2.05, 4.69) is 0 Å². The van der Waals surface area contributed by atoms with E-state index in [4.69, 9.17) is 0 Å². The third-order valence-corrected chi connectivity index (χ3v) is 3.94. The van der Waals surface area contributed by atoms with Crippen LogP contribution in [0, 0.1) is 10.1 Å². The second kappa shape index (κ2) is 7.07. The van der Waals surface area contributed by atoms with Gasteiger partial charge in [0.1, 0.15) is 0 Å². The molecule has 1 atom stereocenters. The fourth-order valence-electron chi connectivity index (χ4n) is 1.82. The van der Waals surface area contributed by atoms with Crippen LogP contribution in [0.4, 0.5) is 5.69 Å². The zero-order chi connectivity index (χ0) is 14.4. The monoisotopic (exact) mass is 289 g/mol. The van der Waals surface area contributed by atoms with Gasteiger partial charge in [-0.25, -0.2) is 0 Å². The molecule has 2 aromatic carbocycles. The lowest BCUT2D eigenvalue weighted by molar-refractivity contribution is -0.384. The van der Waals surface area contributed by atoms with Gasteiger partial charge in [-0.05, 0) is 11.1 Å². The second-order valence-electron chi connectivity index (χ2n) is 4.37. The van der Waals surface area contributed by atoms with Gasteiger partial charge in [-0.3, -0.25) is 10.1 Å². The lowest BCUT2D eigenvalue weighted by Crippen LogP contribution is -2.00. The SMILES string of the molecule is O=[N+]([O-])c1cccc(CSCC(O)c2ccccc2)c1. The maximum Gasteiger partial charge on any atom is 0.269 e. The highest BCUT2D eigenvalue weighted by atomic mass is 32.2. The van der Waals surface area contributed by atoms with Crippen LogP contribution in [0.3, 0.4) is 0 Å². The van der Waals surface area contributed by atoms with Crippen LogP contribution in [-0.4, -0.2) is 15.8 Å². The number of hydrogen-bond acceptors (Lipinski definition) is 4. The number of thioether (sulfide) groups is 1. The van der Waals surface area contributed by atoms with Crippen LogP contribution in [0.25, 0.3) is 0 Å². The second-order valence-corrected chi connectivity index (χ2v) is 5.40. The number of non-ortho nitro benzene ring substituents is 1. The number of nitro groups is 1. The van der Waals surface area contributed by atoms with Gasteiger partial charge in [0.15, 0.2) is 0 Å². The molecule has 5 heteroatoms. The summed E-state index contributed by atoms with van der Waals surface area (Å²) in [6.45, 7) is 0. The first-order valence-corrected chi connectivity index (χ1v) is 7.36. The van der Waals surface area contributed by atoms with Crippen molar-refractivity contribution in [2.45, 2.75) is 11.9 Å². The van der Waals surface area contributed by atoms with Crippen LogP contribution >= 0.6 is 11.8 Å². The molecule has 1 N–H and O–H groups in total. The van der Waals surface area contributed by atoms with Crippen molar-refractivity contribution in [2.24, 2.45) is 0 Å². The molecule has 104 valence electrons. The molecular weight excluding hydrogens is 274 g/mol. The molecular formula is C15H15NO3S. The molecule has 0 bridgehead atoms. The number of aliphatic hydroxyl groups is 1. The van der Waals surface area contributed by atoms with Crippen molar-refractivity contribution in [1.29, 1.82) is 0 Å². The van der Waals surface area contributed by atoms with Gasteiger partial charge in [-0.1, -0.05) is 42.5 Å². The molecule has 0 fully saturated rings. The minimum atomic E-state index is -0.514. The number of hydrogen-bond donors (Lipinski definition) is 1. The number of benzene rings is 2. The predicted molar refractivity (Wildman–Crippen MR) is 80.7 cm³/mol. The van der Waals surface area contributed by atoms with Crippen molar-refractivity contribution in [3.63, 3.8) is 0 Å². The van der Waals surface area contributed by atoms with E-state index in [0.717, 1.165) is 11.1 Å². The summed E-state index contributed by atoms with van der Waals surface area (Å²) in [4.78, 5) is 10.3. The summed E-state index contributed by atoms with van der Waals surface area (Å²) in [5, 5.41) is 20.7. The first-order chi connectivity index (χ1) is 9.66. The van der Waals surface area contributed by atoms with Gasteiger partial charge in [-0.2, -0.15) is 11.8 Å². The Morgan fingerprint density at radius 1 is 1.15 bits per heavy atom. The topological polar surface area (TPSA) is 63.4 Å². The molecule has 0 heterocycles. The van der Waals surface area contributed by atoms with Gasteiger partial charge >= 0.3 is 0 Å². The predicted octanol–water partition coefficient (Wildman–Crippen LogP) is 3.56. The molecule has 0 aliphatic carbocycles. The van der Waals surface area contributed by atoms with Gasteiger partial charge in [0, 0.05) is 23.6 Å². The van der Waals surface area contributed by atoms with Gasteiger partial charge in [0.2, 0.25) is 0 Å². The van der Waals surface area contributed by atoms with Crippen molar-refractivity contribution in [2.75, 3.05) is 5.75 Å². The number of rotatable bonds is 6. The average Bonchev–Trinajstić information content (AvgIpc) is 2.48. The van der Waals surface area contributed by atoms with Crippen molar-refractivity contribution in [3.8, 4) is 0 Å². The summed E-state index contributed by atoms with van der Waals surface area (Å²) < 4.78 is 0. The average molecular weight is 289 g/mol. The standard InChI is InChI=1S/C15H15NO3S/c17-15(13-6-2-1-3-7-13)11-20-10-12-5-4-8-14(9-12)16(18)19/h1-9,15,17H,10-11H2. The Kier molecular flexibility index (Phi) is 5.15. The fraction of sp³-hybridized carbons (Fsp3) is 0.200. The summed E-state index contributed by atoms with van der Waals surface area (Å²) in [5.41, 5.74) is 1.88. The number of nitrogens with zero attached hydrogens (tertiary/aromatic N) is 1. The molecule has 0 aliphatic rings. The highest BCUT2D eigenvalue weighted by molar-refractivity contribution is 7.98. The molecule has 0 aliphatic heterocycles. The first-order valence-electron chi connectivity index (χ1n) is 6.21. The third kappa shape index (κ3) is 4.08. The molecule has 4 nitrogen and oxygen atoms in total. The van der Waals surface area contributed by atoms with E-state index in [9.17, 15) is 15.2 Å². The Morgan fingerprint density at radius 3 is 2.60 bits per heavy atom. The smallest absolute Gasteiger partial charge is 0.269 e. The van der Waals surface area contributed by atoms with E-state index in [1.165, 1.54) is 6.07 Å². The molecule has 20 heavy (non-hydrogen) atoms. The highest BCUT2D eigenvalue weighted by Gasteiger charge is 2.08. The molecule has 0 saturated carbocycles. The Hall–Kier alpha value is -1.85. The van der Waals surface area contributed by atoms with E-state index in [0.29, 0.717) is 11.5 Å². The number of aliphatic hydroxyl groups excluding tert-OH is 1. The van der Waals surface area contributed by atoms with Crippen molar-refractivity contribution in [3.05, 3.63) is 75.8 Å². The van der Waals surface area contributed by atoms with E-state index in [1.54, 1.807) is 23.9 Å². The largest absolute Gasteiger partial charge is 0.388 e. The normalized spacial score (nSPS) is 12.1. The van der Waals surface area contributed by atoms with Gasteiger partial charge in [-0.15, -0.1) is 0 Å². The maximum atomic E-state index is 10.7. The molecule has 2 aromatic rings. The van der Waals surface area contributed by atoms with Gasteiger partial charge in [0.05, 0.1) is 11.0 Å². The Morgan fingerprint density at radius 2 is 1.90 bits per heavy atom.